The average Bonchev–Trinajstić information content (AvgIpc) is 2.25. The Hall–Kier alpha value is -1.22. The molecule has 0 aliphatic rings. The van der Waals surface area contributed by atoms with Crippen molar-refractivity contribution in [3.63, 3.8) is 0 Å². The zero-order valence-electron chi connectivity index (χ0n) is 8.61. The third kappa shape index (κ3) is 3.26. The van der Waals surface area contributed by atoms with Crippen molar-refractivity contribution in [3.05, 3.63) is 36.9 Å². The van der Waals surface area contributed by atoms with E-state index in [9.17, 15) is 0 Å². The van der Waals surface area contributed by atoms with Crippen LogP contribution in [0.15, 0.2) is 31.2 Å². The molecule has 76 valence electrons. The van der Waals surface area contributed by atoms with Crippen molar-refractivity contribution < 1.29 is 0 Å². The van der Waals surface area contributed by atoms with Gasteiger partial charge in [-0.15, -0.1) is 6.58 Å². The largest absolute Gasteiger partial charge is 0.309 e. The summed E-state index contributed by atoms with van der Waals surface area (Å²) < 4.78 is 0. The van der Waals surface area contributed by atoms with Gasteiger partial charge in [0.05, 0.1) is 11.7 Å². The van der Waals surface area contributed by atoms with Gasteiger partial charge in [-0.25, -0.2) is 0 Å². The van der Waals surface area contributed by atoms with Crippen molar-refractivity contribution in [2.24, 2.45) is 0 Å². The first-order chi connectivity index (χ1) is 6.88. The molecule has 1 N–H and O–H groups in total. The van der Waals surface area contributed by atoms with E-state index < -0.39 is 0 Å². The molecular weight excluding hydrogens is 174 g/mol. The number of allylic oxidation sites excluding steroid dienone is 1. The smallest absolute Gasteiger partial charge is 0.0756 e. The molecule has 0 fully saturated rings. The monoisotopic (exact) mass is 191 g/mol. The van der Waals surface area contributed by atoms with Gasteiger partial charge in [0.1, 0.15) is 0 Å². The van der Waals surface area contributed by atoms with Gasteiger partial charge in [0.25, 0.3) is 0 Å². The molecule has 1 rings (SSSR count). The maximum Gasteiger partial charge on any atom is 0.0756 e. The molecule has 0 bridgehead atoms. The number of aromatic nitrogens is 2. The molecule has 3 nitrogen and oxygen atoms in total. The van der Waals surface area contributed by atoms with Gasteiger partial charge in [0.15, 0.2) is 0 Å². The molecule has 0 aliphatic carbocycles. The lowest BCUT2D eigenvalue weighted by Crippen LogP contribution is -2.21. The van der Waals surface area contributed by atoms with E-state index in [0.29, 0.717) is 6.04 Å². The van der Waals surface area contributed by atoms with Gasteiger partial charge in [-0.2, -0.15) is 0 Å². The summed E-state index contributed by atoms with van der Waals surface area (Å²) in [5, 5.41) is 3.38. The SMILES string of the molecule is C=CCCC(NCC)c1cnccn1. The van der Waals surface area contributed by atoms with Gasteiger partial charge >= 0.3 is 0 Å². The topological polar surface area (TPSA) is 37.8 Å². The van der Waals surface area contributed by atoms with Crippen LogP contribution in [0.5, 0.6) is 0 Å². The highest BCUT2D eigenvalue weighted by Gasteiger charge is 2.09. The summed E-state index contributed by atoms with van der Waals surface area (Å²) >= 11 is 0. The fraction of sp³-hybridized carbons (Fsp3) is 0.455. The molecule has 1 heterocycles. The molecule has 14 heavy (non-hydrogen) atoms. The zero-order valence-corrected chi connectivity index (χ0v) is 8.61. The molecule has 0 spiro atoms. The highest BCUT2D eigenvalue weighted by molar-refractivity contribution is 5.02. The minimum absolute atomic E-state index is 0.298. The zero-order chi connectivity index (χ0) is 10.2. The molecule has 1 aromatic rings. The molecule has 1 aromatic heterocycles. The summed E-state index contributed by atoms with van der Waals surface area (Å²) in [5.41, 5.74) is 1.01. The standard InChI is InChI=1S/C11H17N3/c1-3-5-6-10(13-4-2)11-9-12-7-8-14-11/h3,7-10,13H,1,4-6H2,2H3. The predicted molar refractivity (Wildman–Crippen MR) is 57.9 cm³/mol. The molecule has 0 radical (unpaired) electrons. The molecule has 0 amide bonds. The van der Waals surface area contributed by atoms with Crippen LogP contribution in [-0.2, 0) is 0 Å². The Labute approximate surface area is 85.3 Å². The third-order valence-corrected chi connectivity index (χ3v) is 2.05. The Kier molecular flexibility index (Phi) is 4.86. The van der Waals surface area contributed by atoms with Crippen LogP contribution < -0.4 is 5.32 Å². The first-order valence-corrected chi connectivity index (χ1v) is 4.98. The Morgan fingerprint density at radius 1 is 1.57 bits per heavy atom. The summed E-state index contributed by atoms with van der Waals surface area (Å²) in [5.74, 6) is 0. The van der Waals surface area contributed by atoms with E-state index in [0.717, 1.165) is 25.1 Å². The second kappa shape index (κ2) is 6.27. The van der Waals surface area contributed by atoms with Crippen LogP contribution in [0.25, 0.3) is 0 Å². The van der Waals surface area contributed by atoms with Crippen LogP contribution in [0.3, 0.4) is 0 Å². The Morgan fingerprint density at radius 2 is 2.43 bits per heavy atom. The maximum atomic E-state index is 4.29. The molecule has 0 aliphatic heterocycles. The number of hydrogen-bond donors (Lipinski definition) is 1. The third-order valence-electron chi connectivity index (χ3n) is 2.05. The van der Waals surface area contributed by atoms with Crippen molar-refractivity contribution >= 4 is 0 Å². The Balaban J connectivity index is 2.62. The molecule has 0 saturated carbocycles. The van der Waals surface area contributed by atoms with Crippen molar-refractivity contribution in [1.29, 1.82) is 0 Å². The van der Waals surface area contributed by atoms with E-state index in [2.05, 4.69) is 28.8 Å². The van der Waals surface area contributed by atoms with Gasteiger partial charge in [-0.05, 0) is 19.4 Å². The van der Waals surface area contributed by atoms with Crippen LogP contribution in [0.1, 0.15) is 31.5 Å². The van der Waals surface area contributed by atoms with Gasteiger partial charge in [-0.1, -0.05) is 13.0 Å². The van der Waals surface area contributed by atoms with E-state index in [1.165, 1.54) is 0 Å². The predicted octanol–water partition coefficient (Wildman–Crippen LogP) is 2.09. The van der Waals surface area contributed by atoms with Crippen molar-refractivity contribution in [2.45, 2.75) is 25.8 Å². The minimum Gasteiger partial charge on any atom is -0.309 e. The second-order valence-electron chi connectivity index (χ2n) is 3.11. The lowest BCUT2D eigenvalue weighted by molar-refractivity contribution is 0.506. The lowest BCUT2D eigenvalue weighted by atomic mass is 10.1. The number of hydrogen-bond acceptors (Lipinski definition) is 3. The highest BCUT2D eigenvalue weighted by atomic mass is 14.9. The van der Waals surface area contributed by atoms with Crippen LogP contribution in [0.2, 0.25) is 0 Å². The fourth-order valence-corrected chi connectivity index (χ4v) is 1.38. The summed E-state index contributed by atoms with van der Waals surface area (Å²) in [6.07, 6.45) is 9.19. The maximum absolute atomic E-state index is 4.29. The Morgan fingerprint density at radius 3 is 3.00 bits per heavy atom. The van der Waals surface area contributed by atoms with Crippen LogP contribution in [0.4, 0.5) is 0 Å². The summed E-state index contributed by atoms with van der Waals surface area (Å²) in [7, 11) is 0. The van der Waals surface area contributed by atoms with Crippen LogP contribution in [-0.4, -0.2) is 16.5 Å². The Bertz CT molecular complexity index is 258. The van der Waals surface area contributed by atoms with Crippen molar-refractivity contribution in [2.75, 3.05) is 6.54 Å². The highest BCUT2D eigenvalue weighted by Crippen LogP contribution is 2.14. The van der Waals surface area contributed by atoms with Gasteiger partial charge in [-0.3, -0.25) is 9.97 Å². The molecule has 0 saturated heterocycles. The molecule has 3 heteroatoms. The van der Waals surface area contributed by atoms with Crippen LogP contribution in [0, 0.1) is 0 Å². The normalized spacial score (nSPS) is 12.4. The fourth-order valence-electron chi connectivity index (χ4n) is 1.38. The van der Waals surface area contributed by atoms with Crippen LogP contribution >= 0.6 is 0 Å². The summed E-state index contributed by atoms with van der Waals surface area (Å²) in [4.78, 5) is 8.36. The number of rotatable bonds is 6. The molecule has 0 aromatic carbocycles. The van der Waals surface area contributed by atoms with Crippen molar-refractivity contribution in [1.82, 2.24) is 15.3 Å². The molecule has 1 atom stereocenters. The van der Waals surface area contributed by atoms with E-state index in [4.69, 9.17) is 0 Å². The summed E-state index contributed by atoms with van der Waals surface area (Å²) in [6.45, 7) is 6.76. The van der Waals surface area contributed by atoms with Gasteiger partial charge < -0.3 is 5.32 Å². The van der Waals surface area contributed by atoms with Crippen molar-refractivity contribution in [3.8, 4) is 0 Å². The summed E-state index contributed by atoms with van der Waals surface area (Å²) in [6, 6.07) is 0.298. The first-order valence-electron chi connectivity index (χ1n) is 4.98. The second-order valence-corrected chi connectivity index (χ2v) is 3.11. The van der Waals surface area contributed by atoms with E-state index in [1.54, 1.807) is 12.4 Å². The van der Waals surface area contributed by atoms with E-state index in [1.807, 2.05) is 12.3 Å². The lowest BCUT2D eigenvalue weighted by Gasteiger charge is -2.15. The average molecular weight is 191 g/mol. The molecule has 1 unspecified atom stereocenters. The molecular formula is C11H17N3. The van der Waals surface area contributed by atoms with E-state index in [-0.39, 0.29) is 0 Å². The van der Waals surface area contributed by atoms with E-state index >= 15 is 0 Å². The minimum atomic E-state index is 0.298. The quantitative estimate of drug-likeness (QED) is 0.700. The first kappa shape index (κ1) is 10.9. The van der Waals surface area contributed by atoms with Gasteiger partial charge in [0.2, 0.25) is 0 Å². The number of nitrogens with zero attached hydrogens (tertiary/aromatic N) is 2. The van der Waals surface area contributed by atoms with Gasteiger partial charge in [0, 0.05) is 18.6 Å². The number of nitrogens with one attached hydrogen (secondary N) is 1.